The molecule has 4 heteroatoms. The first-order valence-corrected chi connectivity index (χ1v) is 9.82. The number of hydrogen-bond donors (Lipinski definition) is 0. The number of pyridine rings is 4. The van der Waals surface area contributed by atoms with Crippen molar-refractivity contribution in [1.29, 1.82) is 0 Å². The molecule has 0 atom stereocenters. The van der Waals surface area contributed by atoms with Crippen LogP contribution < -0.4 is 0 Å². The molecule has 140 valence electrons. The van der Waals surface area contributed by atoms with E-state index >= 15 is 0 Å². The Kier molecular flexibility index (Phi) is 3.74. The molecule has 0 bridgehead atoms. The van der Waals surface area contributed by atoms with Crippen molar-refractivity contribution in [3.05, 3.63) is 96.6 Å². The molecule has 0 amide bonds. The van der Waals surface area contributed by atoms with Crippen LogP contribution >= 0.6 is 0 Å². The lowest BCUT2D eigenvalue weighted by Gasteiger charge is -2.04. The number of nitrogens with zero attached hydrogens (tertiary/aromatic N) is 4. The SMILES string of the molecule is C(=C\c1ccc2ccc3ncccc3c2n1)/c1ccc2ccc3ncccc3c2n1. The normalized spacial score (nSPS) is 11.9. The number of benzene rings is 2. The molecule has 0 unspecified atom stereocenters. The smallest absolute Gasteiger partial charge is 0.0803 e. The Labute approximate surface area is 172 Å². The van der Waals surface area contributed by atoms with Gasteiger partial charge >= 0.3 is 0 Å². The van der Waals surface area contributed by atoms with Crippen LogP contribution in [0.2, 0.25) is 0 Å². The zero-order valence-electron chi connectivity index (χ0n) is 16.0. The van der Waals surface area contributed by atoms with E-state index < -0.39 is 0 Å². The Morgan fingerprint density at radius 2 is 0.967 bits per heavy atom. The second-order valence-corrected chi connectivity index (χ2v) is 7.22. The fourth-order valence-corrected chi connectivity index (χ4v) is 3.87. The Morgan fingerprint density at radius 3 is 1.47 bits per heavy atom. The standard InChI is InChI=1S/C26H16N4/c1-3-21-23(27-15-1)13-7-17-5-9-19(29-25(17)21)11-12-20-10-6-18-8-14-24-22(26(18)30-20)4-2-16-28-24/h1-16H/b12-11+. The predicted molar refractivity (Wildman–Crippen MR) is 123 cm³/mol. The van der Waals surface area contributed by atoms with Gasteiger partial charge in [-0.2, -0.15) is 0 Å². The van der Waals surface area contributed by atoms with Crippen molar-refractivity contribution in [2.45, 2.75) is 0 Å². The van der Waals surface area contributed by atoms with Crippen LogP contribution in [-0.4, -0.2) is 19.9 Å². The molecule has 0 fully saturated rings. The number of fused-ring (bicyclic) bond motifs is 6. The minimum absolute atomic E-state index is 0.889. The van der Waals surface area contributed by atoms with Crippen molar-refractivity contribution in [1.82, 2.24) is 19.9 Å². The molecule has 6 aromatic rings. The first-order chi connectivity index (χ1) is 14.8. The van der Waals surface area contributed by atoms with Crippen LogP contribution in [0.25, 0.3) is 55.8 Å². The van der Waals surface area contributed by atoms with Crippen molar-refractivity contribution in [3.63, 3.8) is 0 Å². The van der Waals surface area contributed by atoms with E-state index in [2.05, 4.69) is 46.4 Å². The Morgan fingerprint density at radius 1 is 0.500 bits per heavy atom. The largest absolute Gasteiger partial charge is 0.256 e. The molecule has 0 radical (unpaired) electrons. The Bertz CT molecular complexity index is 1480. The van der Waals surface area contributed by atoms with Crippen LogP contribution in [0.3, 0.4) is 0 Å². The highest BCUT2D eigenvalue weighted by Gasteiger charge is 2.05. The molecule has 0 spiro atoms. The van der Waals surface area contributed by atoms with Gasteiger partial charge < -0.3 is 0 Å². The zero-order chi connectivity index (χ0) is 19.9. The molecule has 0 aliphatic carbocycles. The third-order valence-electron chi connectivity index (χ3n) is 5.35. The lowest BCUT2D eigenvalue weighted by molar-refractivity contribution is 1.35. The quantitative estimate of drug-likeness (QED) is 0.341. The second-order valence-electron chi connectivity index (χ2n) is 7.22. The number of rotatable bonds is 2. The summed E-state index contributed by atoms with van der Waals surface area (Å²) < 4.78 is 0. The van der Waals surface area contributed by atoms with E-state index in [0.29, 0.717) is 0 Å². The van der Waals surface area contributed by atoms with Crippen molar-refractivity contribution in [2.24, 2.45) is 0 Å². The predicted octanol–water partition coefficient (Wildman–Crippen LogP) is 6.05. The fraction of sp³-hybridized carbons (Fsp3) is 0. The highest BCUT2D eigenvalue weighted by atomic mass is 14.7. The monoisotopic (exact) mass is 384 g/mol. The maximum Gasteiger partial charge on any atom is 0.0803 e. The molecule has 0 saturated heterocycles. The lowest BCUT2D eigenvalue weighted by Crippen LogP contribution is -1.88. The molecular formula is C26H16N4. The summed E-state index contributed by atoms with van der Waals surface area (Å²) in [5.41, 5.74) is 5.61. The van der Waals surface area contributed by atoms with E-state index in [1.165, 1.54) is 0 Å². The molecule has 0 aliphatic rings. The molecule has 0 saturated carbocycles. The fourth-order valence-electron chi connectivity index (χ4n) is 3.87. The van der Waals surface area contributed by atoms with E-state index in [1.54, 1.807) is 0 Å². The average molecular weight is 384 g/mol. The summed E-state index contributed by atoms with van der Waals surface area (Å²) in [6.45, 7) is 0. The second kappa shape index (κ2) is 6.71. The summed E-state index contributed by atoms with van der Waals surface area (Å²) in [5, 5.41) is 4.34. The molecule has 0 aliphatic heterocycles. The van der Waals surface area contributed by atoms with Gasteiger partial charge in [0.15, 0.2) is 0 Å². The van der Waals surface area contributed by atoms with Gasteiger partial charge in [0, 0.05) is 33.9 Å². The minimum Gasteiger partial charge on any atom is -0.256 e. The van der Waals surface area contributed by atoms with Gasteiger partial charge in [-0.25, -0.2) is 9.97 Å². The number of hydrogen-bond acceptors (Lipinski definition) is 4. The maximum absolute atomic E-state index is 4.87. The lowest BCUT2D eigenvalue weighted by atomic mass is 10.1. The zero-order valence-corrected chi connectivity index (χ0v) is 16.0. The van der Waals surface area contributed by atoms with E-state index in [0.717, 1.165) is 55.0 Å². The van der Waals surface area contributed by atoms with Crippen LogP contribution in [-0.2, 0) is 0 Å². The van der Waals surface area contributed by atoms with Gasteiger partial charge in [0.25, 0.3) is 0 Å². The summed E-state index contributed by atoms with van der Waals surface area (Å²) in [6.07, 6.45) is 7.63. The molecule has 4 aromatic heterocycles. The van der Waals surface area contributed by atoms with Crippen molar-refractivity contribution < 1.29 is 0 Å². The highest BCUT2D eigenvalue weighted by molar-refractivity contribution is 6.05. The first kappa shape index (κ1) is 16.7. The van der Waals surface area contributed by atoms with E-state index in [-0.39, 0.29) is 0 Å². The average Bonchev–Trinajstić information content (AvgIpc) is 2.82. The van der Waals surface area contributed by atoms with E-state index in [1.807, 2.05) is 60.9 Å². The van der Waals surface area contributed by atoms with Gasteiger partial charge in [-0.3, -0.25) is 9.97 Å². The van der Waals surface area contributed by atoms with Crippen LogP contribution in [0, 0.1) is 0 Å². The summed E-state index contributed by atoms with van der Waals surface area (Å²) in [5.74, 6) is 0. The van der Waals surface area contributed by atoms with Gasteiger partial charge in [0.05, 0.1) is 33.5 Å². The van der Waals surface area contributed by atoms with Crippen molar-refractivity contribution >= 4 is 55.8 Å². The molecule has 2 aromatic carbocycles. The Balaban J connectivity index is 1.44. The first-order valence-electron chi connectivity index (χ1n) is 9.82. The van der Waals surface area contributed by atoms with Gasteiger partial charge in [0.1, 0.15) is 0 Å². The van der Waals surface area contributed by atoms with Gasteiger partial charge in [-0.1, -0.05) is 24.3 Å². The molecule has 4 heterocycles. The molecule has 0 N–H and O–H groups in total. The van der Waals surface area contributed by atoms with E-state index in [4.69, 9.17) is 9.97 Å². The summed E-state index contributed by atoms with van der Waals surface area (Å²) in [4.78, 5) is 18.6. The summed E-state index contributed by atoms with van der Waals surface area (Å²) in [7, 11) is 0. The van der Waals surface area contributed by atoms with Gasteiger partial charge in [0.2, 0.25) is 0 Å². The highest BCUT2D eigenvalue weighted by Crippen LogP contribution is 2.24. The molecule has 4 nitrogen and oxygen atoms in total. The van der Waals surface area contributed by atoms with Crippen LogP contribution in [0.1, 0.15) is 11.4 Å². The molecular weight excluding hydrogens is 368 g/mol. The minimum atomic E-state index is 0.889. The molecule has 6 rings (SSSR count). The molecule has 30 heavy (non-hydrogen) atoms. The third kappa shape index (κ3) is 2.78. The van der Waals surface area contributed by atoms with Gasteiger partial charge in [-0.15, -0.1) is 0 Å². The van der Waals surface area contributed by atoms with Crippen molar-refractivity contribution in [3.8, 4) is 0 Å². The summed E-state index contributed by atoms with van der Waals surface area (Å²) in [6, 6.07) is 24.5. The van der Waals surface area contributed by atoms with Crippen LogP contribution in [0.4, 0.5) is 0 Å². The third-order valence-corrected chi connectivity index (χ3v) is 5.35. The van der Waals surface area contributed by atoms with E-state index in [9.17, 15) is 0 Å². The topological polar surface area (TPSA) is 51.6 Å². The van der Waals surface area contributed by atoms with Gasteiger partial charge in [-0.05, 0) is 60.7 Å². The maximum atomic E-state index is 4.87. The van der Waals surface area contributed by atoms with Crippen LogP contribution in [0.15, 0.2) is 85.2 Å². The summed E-state index contributed by atoms with van der Waals surface area (Å²) >= 11 is 0. The van der Waals surface area contributed by atoms with Crippen molar-refractivity contribution in [2.75, 3.05) is 0 Å². The Hall–Kier alpha value is -4.18. The van der Waals surface area contributed by atoms with Crippen LogP contribution in [0.5, 0.6) is 0 Å². The number of aromatic nitrogens is 4.